The Hall–Kier alpha value is -2.36. The van der Waals surface area contributed by atoms with Crippen LogP contribution in [-0.2, 0) is 0 Å². The first-order valence-corrected chi connectivity index (χ1v) is 5.36. The number of nitrogens with one attached hydrogen (secondary N) is 1. The molecule has 84 valence electrons. The van der Waals surface area contributed by atoms with Crippen LogP contribution in [0.1, 0.15) is 0 Å². The Labute approximate surface area is 98.3 Å². The molecule has 1 N–H and O–H groups in total. The Bertz CT molecular complexity index is 610. The van der Waals surface area contributed by atoms with Crippen LogP contribution < -0.4 is 5.32 Å². The number of rotatable bonds is 2. The van der Waals surface area contributed by atoms with Gasteiger partial charge in [-0.05, 0) is 36.4 Å². The summed E-state index contributed by atoms with van der Waals surface area (Å²) in [5.41, 5.74) is 3.35. The minimum Gasteiger partial charge on any atom is -0.434 e. The van der Waals surface area contributed by atoms with Crippen molar-refractivity contribution in [2.24, 2.45) is 0 Å². The van der Waals surface area contributed by atoms with Gasteiger partial charge in [0.15, 0.2) is 11.2 Å². The number of pyridine rings is 1. The summed E-state index contributed by atoms with van der Waals surface area (Å²) >= 11 is 0. The molecule has 2 heterocycles. The van der Waals surface area contributed by atoms with E-state index in [2.05, 4.69) is 15.3 Å². The number of hydrogen-bond donors (Lipinski definition) is 1. The van der Waals surface area contributed by atoms with Crippen molar-refractivity contribution >= 4 is 16.9 Å². The number of anilines is 1. The van der Waals surface area contributed by atoms with Crippen molar-refractivity contribution in [3.63, 3.8) is 0 Å². The molecule has 3 aromatic rings. The van der Waals surface area contributed by atoms with Crippen molar-refractivity contribution in [1.82, 2.24) is 9.97 Å². The quantitative estimate of drug-likeness (QED) is 0.728. The first-order chi connectivity index (χ1) is 8.36. The molecule has 4 nitrogen and oxygen atoms in total. The Morgan fingerprint density at radius 1 is 1.12 bits per heavy atom. The third-order valence-corrected chi connectivity index (χ3v) is 2.59. The molecule has 0 unspecified atom stereocenters. The molecule has 1 aromatic carbocycles. The van der Waals surface area contributed by atoms with Gasteiger partial charge in [-0.1, -0.05) is 0 Å². The first kappa shape index (κ1) is 9.84. The Morgan fingerprint density at radius 2 is 1.94 bits per heavy atom. The van der Waals surface area contributed by atoms with Crippen molar-refractivity contribution < 1.29 is 4.42 Å². The summed E-state index contributed by atoms with van der Waals surface area (Å²) < 4.78 is 5.63. The lowest BCUT2D eigenvalue weighted by molar-refractivity contribution is 0.619. The second-order valence-electron chi connectivity index (χ2n) is 3.67. The lowest BCUT2D eigenvalue weighted by Crippen LogP contribution is -1.86. The molecule has 0 aliphatic heterocycles. The summed E-state index contributed by atoms with van der Waals surface area (Å²) in [6.45, 7) is 0. The molecule has 17 heavy (non-hydrogen) atoms. The molecule has 4 heteroatoms. The highest BCUT2D eigenvalue weighted by Gasteiger charge is 2.07. The maximum absolute atomic E-state index is 5.63. The van der Waals surface area contributed by atoms with Crippen molar-refractivity contribution in [2.75, 3.05) is 12.4 Å². The Kier molecular flexibility index (Phi) is 2.26. The summed E-state index contributed by atoms with van der Waals surface area (Å²) in [5, 5.41) is 3.07. The molecule has 0 aliphatic rings. The molecule has 0 atom stereocenters. The van der Waals surface area contributed by atoms with E-state index in [-0.39, 0.29) is 0 Å². The van der Waals surface area contributed by atoms with Crippen LogP contribution in [0.3, 0.4) is 0 Å². The van der Waals surface area contributed by atoms with Gasteiger partial charge in [-0.3, -0.25) is 0 Å². The third kappa shape index (κ3) is 1.73. The van der Waals surface area contributed by atoms with E-state index < -0.39 is 0 Å². The van der Waals surface area contributed by atoms with Crippen molar-refractivity contribution in [3.05, 3.63) is 42.6 Å². The molecule has 0 amide bonds. The summed E-state index contributed by atoms with van der Waals surface area (Å²) in [6, 6.07) is 11.6. The molecule has 0 spiro atoms. The monoisotopic (exact) mass is 225 g/mol. The highest BCUT2D eigenvalue weighted by atomic mass is 16.3. The molecule has 3 rings (SSSR count). The molecule has 0 saturated carbocycles. The van der Waals surface area contributed by atoms with E-state index in [4.69, 9.17) is 4.42 Å². The summed E-state index contributed by atoms with van der Waals surface area (Å²) in [5.74, 6) is 0.598. The maximum Gasteiger partial charge on any atom is 0.228 e. The second-order valence-corrected chi connectivity index (χ2v) is 3.67. The fraction of sp³-hybridized carbons (Fsp3) is 0.0769. The number of oxazole rings is 1. The zero-order valence-electron chi connectivity index (χ0n) is 9.34. The van der Waals surface area contributed by atoms with Crippen LogP contribution in [0.15, 0.2) is 47.0 Å². The average molecular weight is 225 g/mol. The highest BCUT2D eigenvalue weighted by Crippen LogP contribution is 2.23. The van der Waals surface area contributed by atoms with Crippen LogP contribution in [0.4, 0.5) is 5.69 Å². The fourth-order valence-corrected chi connectivity index (χ4v) is 1.67. The molecule has 0 radical (unpaired) electrons. The van der Waals surface area contributed by atoms with Crippen molar-refractivity contribution in [3.8, 4) is 11.5 Å². The van der Waals surface area contributed by atoms with Crippen LogP contribution in [0.2, 0.25) is 0 Å². The van der Waals surface area contributed by atoms with Gasteiger partial charge >= 0.3 is 0 Å². The Morgan fingerprint density at radius 3 is 2.65 bits per heavy atom. The number of fused-ring (bicyclic) bond motifs is 1. The smallest absolute Gasteiger partial charge is 0.228 e. The largest absolute Gasteiger partial charge is 0.434 e. The molecule has 2 aromatic heterocycles. The van der Waals surface area contributed by atoms with Gasteiger partial charge in [-0.15, -0.1) is 0 Å². The number of benzene rings is 1. The molecular formula is C13H11N3O. The standard InChI is InChI=1S/C13H11N3O/c1-14-10-6-4-9(5-7-10)13-16-12-11(17-13)3-2-8-15-12/h2-8,14H,1H3. The van der Waals surface area contributed by atoms with E-state index in [0.717, 1.165) is 11.3 Å². The van der Waals surface area contributed by atoms with Crippen LogP contribution in [0.25, 0.3) is 22.7 Å². The lowest BCUT2D eigenvalue weighted by atomic mass is 10.2. The van der Waals surface area contributed by atoms with E-state index in [0.29, 0.717) is 17.1 Å². The fourth-order valence-electron chi connectivity index (χ4n) is 1.67. The van der Waals surface area contributed by atoms with Gasteiger partial charge in [0.05, 0.1) is 0 Å². The van der Waals surface area contributed by atoms with E-state index in [1.54, 1.807) is 6.20 Å². The van der Waals surface area contributed by atoms with Gasteiger partial charge in [0.2, 0.25) is 5.89 Å². The van der Waals surface area contributed by atoms with E-state index in [9.17, 15) is 0 Å². The van der Waals surface area contributed by atoms with Crippen molar-refractivity contribution in [1.29, 1.82) is 0 Å². The zero-order chi connectivity index (χ0) is 11.7. The predicted molar refractivity (Wildman–Crippen MR) is 66.8 cm³/mol. The van der Waals surface area contributed by atoms with E-state index in [1.807, 2.05) is 43.4 Å². The molecule has 0 aliphatic carbocycles. The minimum absolute atomic E-state index is 0.598. The average Bonchev–Trinajstić information content (AvgIpc) is 2.82. The normalized spacial score (nSPS) is 10.6. The van der Waals surface area contributed by atoms with Gasteiger partial charge in [-0.25, -0.2) is 4.98 Å². The maximum atomic E-state index is 5.63. The second kappa shape index (κ2) is 3.90. The van der Waals surface area contributed by atoms with Crippen LogP contribution in [0.5, 0.6) is 0 Å². The van der Waals surface area contributed by atoms with Gasteiger partial charge in [-0.2, -0.15) is 4.98 Å². The number of hydrogen-bond acceptors (Lipinski definition) is 4. The number of nitrogens with zero attached hydrogens (tertiary/aromatic N) is 2. The molecule has 0 saturated heterocycles. The minimum atomic E-state index is 0.598. The Balaban J connectivity index is 2.07. The van der Waals surface area contributed by atoms with Crippen LogP contribution in [0, 0.1) is 0 Å². The summed E-state index contributed by atoms with van der Waals surface area (Å²) in [7, 11) is 1.89. The zero-order valence-corrected chi connectivity index (χ0v) is 9.34. The molecule has 0 fully saturated rings. The van der Waals surface area contributed by atoms with E-state index >= 15 is 0 Å². The molecular weight excluding hydrogens is 214 g/mol. The number of aromatic nitrogens is 2. The van der Waals surface area contributed by atoms with Gasteiger partial charge in [0.1, 0.15) is 0 Å². The van der Waals surface area contributed by atoms with Crippen LogP contribution in [-0.4, -0.2) is 17.0 Å². The van der Waals surface area contributed by atoms with Crippen molar-refractivity contribution in [2.45, 2.75) is 0 Å². The molecule has 0 bridgehead atoms. The summed E-state index contributed by atoms with van der Waals surface area (Å²) in [6.07, 6.45) is 1.71. The first-order valence-electron chi connectivity index (χ1n) is 5.36. The summed E-state index contributed by atoms with van der Waals surface area (Å²) in [4.78, 5) is 8.48. The van der Waals surface area contributed by atoms with Gasteiger partial charge < -0.3 is 9.73 Å². The SMILES string of the molecule is CNc1ccc(-c2nc3ncccc3o2)cc1. The van der Waals surface area contributed by atoms with Gasteiger partial charge in [0.25, 0.3) is 0 Å². The highest BCUT2D eigenvalue weighted by molar-refractivity contribution is 5.72. The van der Waals surface area contributed by atoms with E-state index in [1.165, 1.54) is 0 Å². The van der Waals surface area contributed by atoms with Gasteiger partial charge in [0, 0.05) is 24.5 Å². The third-order valence-electron chi connectivity index (χ3n) is 2.59. The van der Waals surface area contributed by atoms with Crippen LogP contribution >= 0.6 is 0 Å². The predicted octanol–water partition coefficient (Wildman–Crippen LogP) is 2.93. The topological polar surface area (TPSA) is 51.0 Å². The lowest BCUT2D eigenvalue weighted by Gasteiger charge is -1.99.